The van der Waals surface area contributed by atoms with Crippen molar-refractivity contribution in [3.63, 3.8) is 0 Å². The highest BCUT2D eigenvalue weighted by Crippen LogP contribution is 2.28. The number of hydrogen-bond donors (Lipinski definition) is 1. The minimum Gasteiger partial charge on any atom is -0.352 e. The molecule has 0 bridgehead atoms. The minimum absolute atomic E-state index is 0.0586. The molecule has 1 N–H and O–H groups in total. The lowest BCUT2D eigenvalue weighted by atomic mass is 9.95. The topological polar surface area (TPSA) is 68.2 Å². The highest BCUT2D eigenvalue weighted by molar-refractivity contribution is 7.90. The number of carbonyl (C=O) groups excluding carboxylic acids is 1. The van der Waals surface area contributed by atoms with E-state index in [-0.39, 0.29) is 29.1 Å². The van der Waals surface area contributed by atoms with Crippen LogP contribution in [0.2, 0.25) is 0 Å². The summed E-state index contributed by atoms with van der Waals surface area (Å²) in [5, 5.41) is 3.78. The molecule has 0 atom stereocenters. The zero-order valence-electron chi connectivity index (χ0n) is 17.3. The Bertz CT molecular complexity index is 1160. The van der Waals surface area contributed by atoms with Gasteiger partial charge in [-0.25, -0.2) is 8.42 Å². The molecule has 1 fully saturated rings. The summed E-state index contributed by atoms with van der Waals surface area (Å²) in [4.78, 5) is 12.9. The van der Waals surface area contributed by atoms with Gasteiger partial charge in [0, 0.05) is 23.1 Å². The summed E-state index contributed by atoms with van der Waals surface area (Å²) in [6, 6.07) is 15.2. The van der Waals surface area contributed by atoms with Crippen LogP contribution in [0, 0.1) is 6.92 Å². The van der Waals surface area contributed by atoms with Crippen LogP contribution in [0.4, 0.5) is 0 Å². The third-order valence-corrected chi connectivity index (χ3v) is 7.52. The first kappa shape index (κ1) is 20.7. The average Bonchev–Trinajstić information content (AvgIpc) is 3.08. The Balaban J connectivity index is 1.61. The van der Waals surface area contributed by atoms with E-state index in [4.69, 9.17) is 0 Å². The molecule has 0 unspecified atom stereocenters. The number of benzene rings is 2. The summed E-state index contributed by atoms with van der Waals surface area (Å²) in [7, 11) is -3.55. The van der Waals surface area contributed by atoms with Crippen LogP contribution in [-0.4, -0.2) is 24.9 Å². The molecule has 6 heteroatoms. The number of sulfone groups is 1. The largest absolute Gasteiger partial charge is 0.352 e. The summed E-state index contributed by atoms with van der Waals surface area (Å²) in [5.41, 5.74) is 2.56. The van der Waals surface area contributed by atoms with Gasteiger partial charge in [0.2, 0.25) is 5.91 Å². The van der Waals surface area contributed by atoms with Gasteiger partial charge in [-0.3, -0.25) is 4.79 Å². The Morgan fingerprint density at radius 1 is 1.07 bits per heavy atom. The fourth-order valence-corrected chi connectivity index (χ4v) is 5.94. The standard InChI is InChI=1S/C24H28N2O3S/c1-18-8-7-9-19(14-18)17-30(28,29)23-15-26(22-13-6-5-12-21(22)23)16-24(27)25-20-10-3-2-4-11-20/h5-9,12-15,20H,2-4,10-11,16-17H2,1H3,(H,25,27). The third kappa shape index (κ3) is 4.59. The third-order valence-electron chi connectivity index (χ3n) is 5.81. The van der Waals surface area contributed by atoms with Crippen LogP contribution >= 0.6 is 0 Å². The van der Waals surface area contributed by atoms with Gasteiger partial charge in [-0.05, 0) is 31.4 Å². The predicted molar refractivity (Wildman–Crippen MR) is 119 cm³/mol. The first-order valence-electron chi connectivity index (χ1n) is 10.6. The zero-order chi connectivity index (χ0) is 21.1. The first-order valence-corrected chi connectivity index (χ1v) is 12.2. The number of para-hydroxylation sites is 1. The predicted octanol–water partition coefficient (Wildman–Crippen LogP) is 4.37. The number of nitrogens with zero attached hydrogens (tertiary/aromatic N) is 1. The van der Waals surface area contributed by atoms with Crippen molar-refractivity contribution in [2.75, 3.05) is 0 Å². The Labute approximate surface area is 178 Å². The van der Waals surface area contributed by atoms with Gasteiger partial charge in [0.1, 0.15) is 6.54 Å². The Morgan fingerprint density at radius 2 is 1.83 bits per heavy atom. The molecule has 1 aliphatic carbocycles. The Morgan fingerprint density at radius 3 is 2.60 bits per heavy atom. The minimum atomic E-state index is -3.55. The van der Waals surface area contributed by atoms with Crippen molar-refractivity contribution in [2.24, 2.45) is 0 Å². The van der Waals surface area contributed by atoms with Gasteiger partial charge in [-0.1, -0.05) is 67.3 Å². The molecule has 0 spiro atoms. The van der Waals surface area contributed by atoms with Gasteiger partial charge in [0.05, 0.1) is 10.6 Å². The van der Waals surface area contributed by atoms with E-state index in [9.17, 15) is 13.2 Å². The molecule has 2 aromatic carbocycles. The normalized spacial score (nSPS) is 15.4. The summed E-state index contributed by atoms with van der Waals surface area (Å²) in [6.07, 6.45) is 7.20. The second-order valence-electron chi connectivity index (χ2n) is 8.29. The second-order valence-corrected chi connectivity index (χ2v) is 10.2. The van der Waals surface area contributed by atoms with E-state index >= 15 is 0 Å². The second kappa shape index (κ2) is 8.64. The highest BCUT2D eigenvalue weighted by Gasteiger charge is 2.23. The molecule has 5 nitrogen and oxygen atoms in total. The van der Waals surface area contributed by atoms with Gasteiger partial charge in [-0.2, -0.15) is 0 Å². The van der Waals surface area contributed by atoms with Crippen molar-refractivity contribution in [2.45, 2.75) is 62.3 Å². The van der Waals surface area contributed by atoms with E-state index in [1.165, 1.54) is 6.42 Å². The van der Waals surface area contributed by atoms with Crippen molar-refractivity contribution in [3.8, 4) is 0 Å². The van der Waals surface area contributed by atoms with Crippen molar-refractivity contribution in [1.82, 2.24) is 9.88 Å². The van der Waals surface area contributed by atoms with Crippen LogP contribution in [0.3, 0.4) is 0 Å². The molecule has 1 aromatic heterocycles. The number of amides is 1. The lowest BCUT2D eigenvalue weighted by molar-refractivity contribution is -0.122. The van der Waals surface area contributed by atoms with Gasteiger partial charge in [0.25, 0.3) is 0 Å². The first-order chi connectivity index (χ1) is 14.4. The average molecular weight is 425 g/mol. The van der Waals surface area contributed by atoms with E-state index in [0.29, 0.717) is 5.39 Å². The quantitative estimate of drug-likeness (QED) is 0.639. The number of fused-ring (bicyclic) bond motifs is 1. The van der Waals surface area contributed by atoms with Crippen LogP contribution in [-0.2, 0) is 26.9 Å². The molecule has 30 heavy (non-hydrogen) atoms. The zero-order valence-corrected chi connectivity index (χ0v) is 18.1. The lowest BCUT2D eigenvalue weighted by Crippen LogP contribution is -2.38. The maximum Gasteiger partial charge on any atom is 0.240 e. The van der Waals surface area contributed by atoms with Crippen LogP contribution < -0.4 is 5.32 Å². The maximum atomic E-state index is 13.2. The molecule has 0 saturated heterocycles. The number of carbonyl (C=O) groups is 1. The molecule has 1 saturated carbocycles. The van der Waals surface area contributed by atoms with Gasteiger partial charge in [0.15, 0.2) is 9.84 Å². The summed E-state index contributed by atoms with van der Waals surface area (Å²) in [6.45, 7) is 2.07. The summed E-state index contributed by atoms with van der Waals surface area (Å²) in [5.74, 6) is -0.123. The molecule has 0 radical (unpaired) electrons. The lowest BCUT2D eigenvalue weighted by Gasteiger charge is -2.22. The fraction of sp³-hybridized carbons (Fsp3) is 0.375. The molecule has 1 amide bonds. The monoisotopic (exact) mass is 424 g/mol. The van der Waals surface area contributed by atoms with E-state index < -0.39 is 9.84 Å². The van der Waals surface area contributed by atoms with Crippen molar-refractivity contribution in [1.29, 1.82) is 0 Å². The van der Waals surface area contributed by atoms with Gasteiger partial charge in [-0.15, -0.1) is 0 Å². The van der Waals surface area contributed by atoms with Crippen LogP contribution in [0.25, 0.3) is 10.9 Å². The molecule has 0 aliphatic heterocycles. The Hall–Kier alpha value is -2.60. The van der Waals surface area contributed by atoms with Crippen molar-refractivity contribution in [3.05, 3.63) is 65.9 Å². The SMILES string of the molecule is Cc1cccc(CS(=O)(=O)c2cn(CC(=O)NC3CCCCC3)c3ccccc23)c1. The van der Waals surface area contributed by atoms with Gasteiger partial charge < -0.3 is 9.88 Å². The molecular weight excluding hydrogens is 396 g/mol. The number of rotatable bonds is 6. The highest BCUT2D eigenvalue weighted by atomic mass is 32.2. The van der Waals surface area contributed by atoms with Crippen LogP contribution in [0.1, 0.15) is 43.2 Å². The molecule has 1 heterocycles. The number of aryl methyl sites for hydroxylation is 1. The summed E-state index contributed by atoms with van der Waals surface area (Å²) < 4.78 is 28.2. The maximum absolute atomic E-state index is 13.2. The number of aromatic nitrogens is 1. The van der Waals surface area contributed by atoms with E-state index in [2.05, 4.69) is 5.32 Å². The van der Waals surface area contributed by atoms with E-state index in [1.807, 2.05) is 55.5 Å². The number of nitrogens with one attached hydrogen (secondary N) is 1. The Kier molecular flexibility index (Phi) is 5.95. The summed E-state index contributed by atoms with van der Waals surface area (Å²) >= 11 is 0. The molecule has 4 rings (SSSR count). The molecule has 3 aromatic rings. The molecular formula is C24H28N2O3S. The van der Waals surface area contributed by atoms with Gasteiger partial charge >= 0.3 is 0 Å². The van der Waals surface area contributed by atoms with Crippen molar-refractivity contribution < 1.29 is 13.2 Å². The van der Waals surface area contributed by atoms with Crippen molar-refractivity contribution >= 4 is 26.6 Å². The molecule has 158 valence electrons. The van der Waals surface area contributed by atoms with Crippen LogP contribution in [0.5, 0.6) is 0 Å². The van der Waals surface area contributed by atoms with E-state index in [1.54, 1.807) is 10.8 Å². The van der Waals surface area contributed by atoms with Crippen LogP contribution in [0.15, 0.2) is 59.6 Å². The van der Waals surface area contributed by atoms with E-state index in [0.717, 1.165) is 42.3 Å². The number of hydrogen-bond acceptors (Lipinski definition) is 3. The molecule has 1 aliphatic rings. The smallest absolute Gasteiger partial charge is 0.240 e. The fourth-order valence-electron chi connectivity index (χ4n) is 4.37.